The highest BCUT2D eigenvalue weighted by molar-refractivity contribution is 5.83. The molecule has 0 radical (unpaired) electrons. The van der Waals surface area contributed by atoms with Crippen molar-refractivity contribution in [2.45, 2.75) is 45.1 Å². The summed E-state index contributed by atoms with van der Waals surface area (Å²) < 4.78 is 0. The standard InChI is InChI=1S/C15H29N3O2/c1-12(18(4)11-14(19)17(2)3)15(20)16-10-13-8-6-5-7-9-13/h12-13H,5-11H2,1-4H3,(H,16,20). The van der Waals surface area contributed by atoms with Gasteiger partial charge in [-0.2, -0.15) is 0 Å². The molecule has 2 amide bonds. The fourth-order valence-corrected chi connectivity index (χ4v) is 2.48. The third-order valence-electron chi connectivity index (χ3n) is 4.21. The number of carbonyl (C=O) groups is 2. The van der Waals surface area contributed by atoms with E-state index in [0.29, 0.717) is 5.92 Å². The molecule has 1 aliphatic rings. The van der Waals surface area contributed by atoms with E-state index in [4.69, 9.17) is 0 Å². The van der Waals surface area contributed by atoms with Crippen LogP contribution in [0.5, 0.6) is 0 Å². The lowest BCUT2D eigenvalue weighted by molar-refractivity contribution is -0.132. The van der Waals surface area contributed by atoms with E-state index in [0.717, 1.165) is 6.54 Å². The van der Waals surface area contributed by atoms with Gasteiger partial charge in [0.15, 0.2) is 0 Å². The molecule has 1 aliphatic carbocycles. The summed E-state index contributed by atoms with van der Waals surface area (Å²) in [6, 6.07) is -0.275. The molecule has 0 spiro atoms. The predicted molar refractivity (Wildman–Crippen MR) is 80.4 cm³/mol. The van der Waals surface area contributed by atoms with Crippen LogP contribution in [0.1, 0.15) is 39.0 Å². The van der Waals surface area contributed by atoms with Gasteiger partial charge in [0, 0.05) is 20.6 Å². The largest absolute Gasteiger partial charge is 0.354 e. The summed E-state index contributed by atoms with van der Waals surface area (Å²) in [5.74, 6) is 0.665. The fourth-order valence-electron chi connectivity index (χ4n) is 2.48. The molecule has 0 aromatic heterocycles. The molecule has 116 valence electrons. The van der Waals surface area contributed by atoms with Gasteiger partial charge in [-0.1, -0.05) is 19.3 Å². The van der Waals surface area contributed by atoms with E-state index in [1.165, 1.54) is 32.1 Å². The lowest BCUT2D eigenvalue weighted by atomic mass is 9.89. The van der Waals surface area contributed by atoms with Crippen LogP contribution in [0.2, 0.25) is 0 Å². The summed E-state index contributed by atoms with van der Waals surface area (Å²) in [7, 11) is 5.26. The quantitative estimate of drug-likeness (QED) is 0.794. The molecule has 0 heterocycles. The first-order valence-corrected chi connectivity index (χ1v) is 7.60. The summed E-state index contributed by atoms with van der Waals surface area (Å²) in [6.07, 6.45) is 6.35. The van der Waals surface area contributed by atoms with Crippen molar-refractivity contribution >= 4 is 11.8 Å². The molecule has 1 rings (SSSR count). The summed E-state index contributed by atoms with van der Waals surface area (Å²) >= 11 is 0. The molecule has 0 bridgehead atoms. The summed E-state index contributed by atoms with van der Waals surface area (Å²) in [4.78, 5) is 27.1. The zero-order valence-corrected chi connectivity index (χ0v) is 13.3. The number of amides is 2. The van der Waals surface area contributed by atoms with E-state index in [1.54, 1.807) is 23.9 Å². The second kappa shape index (κ2) is 8.25. The van der Waals surface area contributed by atoms with Crippen LogP contribution >= 0.6 is 0 Å². The van der Waals surface area contributed by atoms with Crippen molar-refractivity contribution in [1.29, 1.82) is 0 Å². The average molecular weight is 283 g/mol. The van der Waals surface area contributed by atoms with Crippen molar-refractivity contribution in [3.05, 3.63) is 0 Å². The van der Waals surface area contributed by atoms with Crippen molar-refractivity contribution in [1.82, 2.24) is 15.1 Å². The van der Waals surface area contributed by atoms with Crippen molar-refractivity contribution < 1.29 is 9.59 Å². The van der Waals surface area contributed by atoms with Crippen LogP contribution in [-0.4, -0.2) is 61.9 Å². The molecule has 1 atom stereocenters. The van der Waals surface area contributed by atoms with Gasteiger partial charge in [0.1, 0.15) is 0 Å². The first kappa shape index (κ1) is 17.0. The second-order valence-electron chi connectivity index (χ2n) is 6.13. The lowest BCUT2D eigenvalue weighted by Gasteiger charge is -2.26. The molecule has 1 N–H and O–H groups in total. The van der Waals surface area contributed by atoms with Crippen molar-refractivity contribution in [3.8, 4) is 0 Å². The van der Waals surface area contributed by atoms with E-state index in [2.05, 4.69) is 5.32 Å². The topological polar surface area (TPSA) is 52.7 Å². The number of hydrogen-bond acceptors (Lipinski definition) is 3. The lowest BCUT2D eigenvalue weighted by Crippen LogP contribution is -2.47. The van der Waals surface area contributed by atoms with Gasteiger partial charge in [-0.15, -0.1) is 0 Å². The minimum atomic E-state index is -0.275. The summed E-state index contributed by atoms with van der Waals surface area (Å²) in [5, 5.41) is 3.03. The van der Waals surface area contributed by atoms with Gasteiger partial charge in [-0.25, -0.2) is 0 Å². The molecule has 0 aromatic rings. The van der Waals surface area contributed by atoms with Crippen molar-refractivity contribution in [3.63, 3.8) is 0 Å². The van der Waals surface area contributed by atoms with E-state index in [1.807, 2.05) is 14.0 Å². The smallest absolute Gasteiger partial charge is 0.237 e. The molecule has 1 saturated carbocycles. The summed E-state index contributed by atoms with van der Waals surface area (Å²) in [6.45, 7) is 2.89. The second-order valence-corrected chi connectivity index (χ2v) is 6.13. The van der Waals surface area contributed by atoms with Crippen LogP contribution in [0.3, 0.4) is 0 Å². The van der Waals surface area contributed by atoms with Gasteiger partial charge in [-0.05, 0) is 32.7 Å². The van der Waals surface area contributed by atoms with Crippen LogP contribution in [0, 0.1) is 5.92 Å². The van der Waals surface area contributed by atoms with Crippen molar-refractivity contribution in [2.75, 3.05) is 34.2 Å². The van der Waals surface area contributed by atoms with Gasteiger partial charge < -0.3 is 10.2 Å². The number of carbonyl (C=O) groups excluding carboxylic acids is 2. The number of rotatable bonds is 6. The number of likely N-dealkylation sites (N-methyl/N-ethyl adjacent to an activating group) is 2. The van der Waals surface area contributed by atoms with Crippen LogP contribution in [-0.2, 0) is 9.59 Å². The number of nitrogens with zero attached hydrogens (tertiary/aromatic N) is 2. The normalized spacial score (nSPS) is 17.9. The third-order valence-corrected chi connectivity index (χ3v) is 4.21. The molecule has 5 heteroatoms. The van der Waals surface area contributed by atoms with Gasteiger partial charge in [0.25, 0.3) is 0 Å². The monoisotopic (exact) mass is 283 g/mol. The highest BCUT2D eigenvalue weighted by atomic mass is 16.2. The summed E-state index contributed by atoms with van der Waals surface area (Å²) in [5.41, 5.74) is 0. The van der Waals surface area contributed by atoms with E-state index < -0.39 is 0 Å². The first-order chi connectivity index (χ1) is 9.41. The zero-order valence-electron chi connectivity index (χ0n) is 13.3. The molecular formula is C15H29N3O2. The zero-order chi connectivity index (χ0) is 15.1. The molecule has 1 unspecified atom stereocenters. The minimum absolute atomic E-state index is 0.0134. The maximum atomic E-state index is 12.1. The highest BCUT2D eigenvalue weighted by Gasteiger charge is 2.22. The Morgan fingerprint density at radius 3 is 2.30 bits per heavy atom. The Morgan fingerprint density at radius 2 is 1.75 bits per heavy atom. The SMILES string of the molecule is CC(C(=O)NCC1CCCCC1)N(C)CC(=O)N(C)C. The molecule has 20 heavy (non-hydrogen) atoms. The maximum Gasteiger partial charge on any atom is 0.237 e. The number of hydrogen-bond donors (Lipinski definition) is 1. The molecule has 1 fully saturated rings. The molecule has 0 aliphatic heterocycles. The average Bonchev–Trinajstić information content (AvgIpc) is 2.44. The van der Waals surface area contributed by atoms with Crippen LogP contribution < -0.4 is 5.32 Å². The molecule has 5 nitrogen and oxygen atoms in total. The maximum absolute atomic E-state index is 12.1. The first-order valence-electron chi connectivity index (χ1n) is 7.60. The van der Waals surface area contributed by atoms with Gasteiger partial charge in [-0.3, -0.25) is 14.5 Å². The third kappa shape index (κ3) is 5.49. The Hall–Kier alpha value is -1.10. The molecule has 0 saturated heterocycles. The van der Waals surface area contributed by atoms with Gasteiger partial charge in [0.2, 0.25) is 11.8 Å². The van der Waals surface area contributed by atoms with E-state index in [9.17, 15) is 9.59 Å². The van der Waals surface area contributed by atoms with Crippen LogP contribution in [0.4, 0.5) is 0 Å². The highest BCUT2D eigenvalue weighted by Crippen LogP contribution is 2.22. The van der Waals surface area contributed by atoms with Crippen molar-refractivity contribution in [2.24, 2.45) is 5.92 Å². The Balaban J connectivity index is 2.31. The van der Waals surface area contributed by atoms with E-state index in [-0.39, 0.29) is 24.4 Å². The van der Waals surface area contributed by atoms with Gasteiger partial charge in [0.05, 0.1) is 12.6 Å². The molecular weight excluding hydrogens is 254 g/mol. The Kier molecular flexibility index (Phi) is 6.99. The van der Waals surface area contributed by atoms with Crippen LogP contribution in [0.25, 0.3) is 0 Å². The predicted octanol–water partition coefficient (Wildman–Crippen LogP) is 1.09. The Morgan fingerprint density at radius 1 is 1.15 bits per heavy atom. The van der Waals surface area contributed by atoms with Crippen LogP contribution in [0.15, 0.2) is 0 Å². The van der Waals surface area contributed by atoms with Gasteiger partial charge >= 0.3 is 0 Å². The Labute approximate surface area is 122 Å². The minimum Gasteiger partial charge on any atom is -0.354 e. The fraction of sp³-hybridized carbons (Fsp3) is 0.867. The van der Waals surface area contributed by atoms with E-state index >= 15 is 0 Å². The Bertz CT molecular complexity index is 325. The number of nitrogens with one attached hydrogen (secondary N) is 1. The molecule has 0 aromatic carbocycles.